The van der Waals surface area contributed by atoms with Crippen LogP contribution in [0.4, 0.5) is 0 Å². The molecule has 0 bridgehead atoms. The Labute approximate surface area is 129 Å². The van der Waals surface area contributed by atoms with Crippen LogP contribution in [0.5, 0.6) is 0 Å². The third-order valence-corrected chi connectivity index (χ3v) is 3.92. The van der Waals surface area contributed by atoms with E-state index in [0.717, 1.165) is 19.4 Å². The average molecular weight is 309 g/mol. The van der Waals surface area contributed by atoms with Gasteiger partial charge in [0.25, 0.3) is 5.91 Å². The number of likely N-dealkylation sites (tertiary alicyclic amines) is 1. The first-order valence-electron chi connectivity index (χ1n) is 7.59. The van der Waals surface area contributed by atoms with Gasteiger partial charge in [0.15, 0.2) is 5.69 Å². The summed E-state index contributed by atoms with van der Waals surface area (Å²) in [5.41, 5.74) is 0.524. The second-order valence-electron chi connectivity index (χ2n) is 5.98. The number of hydrogen-bond acceptors (Lipinski definition) is 5. The summed E-state index contributed by atoms with van der Waals surface area (Å²) in [4.78, 5) is 26.1. The molecule has 0 unspecified atom stereocenters. The Morgan fingerprint density at radius 1 is 1.50 bits per heavy atom. The lowest BCUT2D eigenvalue weighted by Gasteiger charge is -2.34. The van der Waals surface area contributed by atoms with Crippen molar-refractivity contribution in [1.82, 2.24) is 15.4 Å². The SMILES string of the molecule is Cc1onc(C(=O)N[C@H]2CCCN(C(=O)C(C)C)C2)c1CO. The quantitative estimate of drug-likeness (QED) is 0.859. The van der Waals surface area contributed by atoms with Crippen LogP contribution in [0.25, 0.3) is 0 Å². The zero-order valence-electron chi connectivity index (χ0n) is 13.3. The average Bonchev–Trinajstić information content (AvgIpc) is 2.87. The number of aliphatic hydroxyl groups is 1. The van der Waals surface area contributed by atoms with Crippen LogP contribution in [0.1, 0.15) is 48.5 Å². The van der Waals surface area contributed by atoms with Crippen LogP contribution in [-0.2, 0) is 11.4 Å². The van der Waals surface area contributed by atoms with Crippen molar-refractivity contribution in [2.24, 2.45) is 5.92 Å². The Bertz CT molecular complexity index is 553. The van der Waals surface area contributed by atoms with Crippen LogP contribution >= 0.6 is 0 Å². The first-order chi connectivity index (χ1) is 10.4. The molecule has 0 aromatic carbocycles. The molecular weight excluding hydrogens is 286 g/mol. The highest BCUT2D eigenvalue weighted by Crippen LogP contribution is 2.16. The number of amides is 2. The summed E-state index contributed by atoms with van der Waals surface area (Å²) in [6.45, 7) is 6.34. The van der Waals surface area contributed by atoms with E-state index in [9.17, 15) is 14.7 Å². The fourth-order valence-corrected chi connectivity index (χ4v) is 2.67. The van der Waals surface area contributed by atoms with E-state index in [1.807, 2.05) is 13.8 Å². The van der Waals surface area contributed by atoms with E-state index in [1.165, 1.54) is 0 Å². The number of nitrogens with one attached hydrogen (secondary N) is 1. The van der Waals surface area contributed by atoms with Gasteiger partial charge >= 0.3 is 0 Å². The number of aliphatic hydroxyl groups excluding tert-OH is 1. The van der Waals surface area contributed by atoms with Crippen molar-refractivity contribution in [3.8, 4) is 0 Å². The van der Waals surface area contributed by atoms with Crippen LogP contribution in [0.2, 0.25) is 0 Å². The lowest BCUT2D eigenvalue weighted by Crippen LogP contribution is -2.50. The maximum atomic E-state index is 12.3. The zero-order chi connectivity index (χ0) is 16.3. The van der Waals surface area contributed by atoms with Crippen molar-refractivity contribution in [3.05, 3.63) is 17.0 Å². The minimum absolute atomic E-state index is 0.0476. The Morgan fingerprint density at radius 3 is 2.86 bits per heavy atom. The molecule has 0 saturated carbocycles. The maximum Gasteiger partial charge on any atom is 0.274 e. The van der Waals surface area contributed by atoms with Gasteiger partial charge in [0.1, 0.15) is 5.76 Å². The van der Waals surface area contributed by atoms with E-state index >= 15 is 0 Å². The molecule has 0 aliphatic carbocycles. The van der Waals surface area contributed by atoms with Gasteiger partial charge in [0.2, 0.25) is 5.91 Å². The summed E-state index contributed by atoms with van der Waals surface area (Å²) in [6.07, 6.45) is 1.67. The summed E-state index contributed by atoms with van der Waals surface area (Å²) in [6, 6.07) is -0.104. The predicted octanol–water partition coefficient (Wildman–Crippen LogP) is 0.852. The molecule has 122 valence electrons. The van der Waals surface area contributed by atoms with Gasteiger partial charge < -0.3 is 19.8 Å². The highest BCUT2D eigenvalue weighted by Gasteiger charge is 2.28. The van der Waals surface area contributed by atoms with Crippen LogP contribution in [0.15, 0.2) is 4.52 Å². The molecule has 1 fully saturated rings. The summed E-state index contributed by atoms with van der Waals surface area (Å²) < 4.78 is 4.95. The molecule has 1 aromatic heterocycles. The monoisotopic (exact) mass is 309 g/mol. The second-order valence-corrected chi connectivity index (χ2v) is 5.98. The molecule has 22 heavy (non-hydrogen) atoms. The topological polar surface area (TPSA) is 95.7 Å². The standard InChI is InChI=1S/C15H23N3O4/c1-9(2)15(21)18-6-4-5-11(7-18)16-14(20)13-12(8-19)10(3)22-17-13/h9,11,19H,4-8H2,1-3H3,(H,16,20)/t11-/m0/s1. The number of carbonyl (C=O) groups excluding carboxylic acids is 2. The highest BCUT2D eigenvalue weighted by molar-refractivity contribution is 5.94. The van der Waals surface area contributed by atoms with Crippen molar-refractivity contribution in [2.75, 3.05) is 13.1 Å². The van der Waals surface area contributed by atoms with Crippen LogP contribution < -0.4 is 5.32 Å². The van der Waals surface area contributed by atoms with E-state index in [4.69, 9.17) is 4.52 Å². The van der Waals surface area contributed by atoms with Gasteiger partial charge in [-0.3, -0.25) is 9.59 Å². The smallest absolute Gasteiger partial charge is 0.274 e. The van der Waals surface area contributed by atoms with E-state index in [0.29, 0.717) is 17.9 Å². The van der Waals surface area contributed by atoms with Crippen molar-refractivity contribution < 1.29 is 19.2 Å². The predicted molar refractivity (Wildman–Crippen MR) is 79.1 cm³/mol. The van der Waals surface area contributed by atoms with Crippen LogP contribution in [0.3, 0.4) is 0 Å². The molecule has 1 aliphatic rings. The molecule has 0 spiro atoms. The summed E-state index contributed by atoms with van der Waals surface area (Å²) in [5.74, 6) is 0.124. The molecule has 2 N–H and O–H groups in total. The Balaban J connectivity index is 2.01. The van der Waals surface area contributed by atoms with Gasteiger partial charge in [0.05, 0.1) is 12.2 Å². The molecule has 2 rings (SSSR count). The molecule has 1 atom stereocenters. The lowest BCUT2D eigenvalue weighted by molar-refractivity contribution is -0.135. The van der Waals surface area contributed by atoms with Gasteiger partial charge in [-0.25, -0.2) is 0 Å². The first kappa shape index (κ1) is 16.5. The number of piperidine rings is 1. The number of carbonyl (C=O) groups is 2. The molecule has 7 nitrogen and oxygen atoms in total. The number of aryl methyl sites for hydroxylation is 1. The van der Waals surface area contributed by atoms with Crippen LogP contribution in [0, 0.1) is 12.8 Å². The van der Waals surface area contributed by atoms with E-state index in [-0.39, 0.29) is 36.1 Å². The molecule has 2 amide bonds. The Hall–Kier alpha value is -1.89. The fourth-order valence-electron chi connectivity index (χ4n) is 2.67. The van der Waals surface area contributed by atoms with Gasteiger partial charge in [-0.1, -0.05) is 19.0 Å². The molecule has 1 aliphatic heterocycles. The van der Waals surface area contributed by atoms with Crippen molar-refractivity contribution in [3.63, 3.8) is 0 Å². The first-order valence-corrected chi connectivity index (χ1v) is 7.59. The van der Waals surface area contributed by atoms with Crippen molar-refractivity contribution in [2.45, 2.75) is 46.3 Å². The summed E-state index contributed by atoms with van der Waals surface area (Å²) in [7, 11) is 0. The molecular formula is C15H23N3O4. The molecule has 0 radical (unpaired) electrons. The zero-order valence-corrected chi connectivity index (χ0v) is 13.3. The molecule has 1 aromatic rings. The minimum atomic E-state index is -0.371. The molecule has 7 heteroatoms. The summed E-state index contributed by atoms with van der Waals surface area (Å²) >= 11 is 0. The third-order valence-electron chi connectivity index (χ3n) is 3.92. The van der Waals surface area contributed by atoms with Gasteiger partial charge in [-0.2, -0.15) is 0 Å². The highest BCUT2D eigenvalue weighted by atomic mass is 16.5. The molecule has 2 heterocycles. The van der Waals surface area contributed by atoms with E-state index in [1.54, 1.807) is 11.8 Å². The van der Waals surface area contributed by atoms with E-state index < -0.39 is 0 Å². The number of hydrogen-bond donors (Lipinski definition) is 2. The second kappa shape index (κ2) is 6.91. The minimum Gasteiger partial charge on any atom is -0.391 e. The Kier molecular flexibility index (Phi) is 5.18. The number of rotatable bonds is 4. The molecule has 1 saturated heterocycles. The van der Waals surface area contributed by atoms with Gasteiger partial charge in [0, 0.05) is 25.0 Å². The fraction of sp³-hybridized carbons (Fsp3) is 0.667. The van der Waals surface area contributed by atoms with Gasteiger partial charge in [-0.15, -0.1) is 0 Å². The maximum absolute atomic E-state index is 12.3. The number of aromatic nitrogens is 1. The van der Waals surface area contributed by atoms with Gasteiger partial charge in [-0.05, 0) is 19.8 Å². The van der Waals surface area contributed by atoms with E-state index in [2.05, 4.69) is 10.5 Å². The largest absolute Gasteiger partial charge is 0.391 e. The third kappa shape index (κ3) is 3.47. The summed E-state index contributed by atoms with van der Waals surface area (Å²) in [5, 5.41) is 15.9. The van der Waals surface area contributed by atoms with Crippen molar-refractivity contribution in [1.29, 1.82) is 0 Å². The number of nitrogens with zero attached hydrogens (tertiary/aromatic N) is 2. The normalized spacial score (nSPS) is 18.6. The van der Waals surface area contributed by atoms with Crippen LogP contribution in [-0.4, -0.2) is 46.1 Å². The van der Waals surface area contributed by atoms with Crippen molar-refractivity contribution >= 4 is 11.8 Å². The lowest BCUT2D eigenvalue weighted by atomic mass is 10.0. The Morgan fingerprint density at radius 2 is 2.23 bits per heavy atom.